The first-order valence-electron chi connectivity index (χ1n) is 12.9. The zero-order chi connectivity index (χ0) is 26.1. The Hall–Kier alpha value is -2.75. The summed E-state index contributed by atoms with van der Waals surface area (Å²) in [4.78, 5) is 3.59. The maximum atomic E-state index is 14.2. The second-order valence-electron chi connectivity index (χ2n) is 9.21. The fourth-order valence-electron chi connectivity index (χ4n) is 4.47. The number of aryl methyl sites for hydroxylation is 1. The van der Waals surface area contributed by atoms with E-state index in [1.807, 2.05) is 49.4 Å². The van der Waals surface area contributed by atoms with Gasteiger partial charge in [-0.3, -0.25) is 0 Å². The van der Waals surface area contributed by atoms with E-state index in [1.54, 1.807) is 0 Å². The van der Waals surface area contributed by atoms with Crippen LogP contribution >= 0.6 is 0 Å². The van der Waals surface area contributed by atoms with Crippen LogP contribution in [-0.4, -0.2) is 28.3 Å². The molecule has 0 heterocycles. The molecule has 0 aliphatic rings. The van der Waals surface area contributed by atoms with Crippen molar-refractivity contribution in [2.24, 2.45) is 0 Å². The molecule has 0 fully saturated rings. The van der Waals surface area contributed by atoms with Crippen molar-refractivity contribution in [1.82, 2.24) is 0 Å². The van der Waals surface area contributed by atoms with Crippen molar-refractivity contribution >= 4 is 37.0 Å². The van der Waals surface area contributed by atoms with Gasteiger partial charge < -0.3 is 0 Å². The molecule has 0 aromatic heterocycles. The SMILES string of the molecule is CCCCC[C@@H](O)/C(=C\[Se](c1ccccc1)(c1ccccc1)c1ccccc1)[S@@](=O)c1ccc(C)cc1. The first-order chi connectivity index (χ1) is 18.1. The number of rotatable bonds is 11. The molecule has 192 valence electrons. The van der Waals surface area contributed by atoms with Crippen LogP contribution in [0.3, 0.4) is 0 Å². The molecule has 0 unspecified atom stereocenters. The van der Waals surface area contributed by atoms with E-state index in [0.717, 1.165) is 29.7 Å². The van der Waals surface area contributed by atoms with Crippen molar-refractivity contribution in [2.45, 2.75) is 50.5 Å². The van der Waals surface area contributed by atoms with Gasteiger partial charge in [0.05, 0.1) is 0 Å². The Morgan fingerprint density at radius 1 is 0.757 bits per heavy atom. The van der Waals surface area contributed by atoms with Crippen LogP contribution in [0.2, 0.25) is 0 Å². The second-order valence-corrected chi connectivity index (χ2v) is 16.9. The van der Waals surface area contributed by atoms with Crippen LogP contribution in [0.25, 0.3) is 0 Å². The topological polar surface area (TPSA) is 37.3 Å². The first kappa shape index (κ1) is 27.3. The number of hydrogen-bond donors (Lipinski definition) is 1. The minimum atomic E-state index is -3.08. The number of hydrogen-bond acceptors (Lipinski definition) is 2. The molecule has 4 heteroatoms. The molecule has 0 saturated carbocycles. The van der Waals surface area contributed by atoms with Gasteiger partial charge in [0.25, 0.3) is 0 Å². The van der Waals surface area contributed by atoms with Gasteiger partial charge in [-0.05, 0) is 0 Å². The van der Waals surface area contributed by atoms with Gasteiger partial charge in [0.15, 0.2) is 0 Å². The molecule has 0 radical (unpaired) electrons. The van der Waals surface area contributed by atoms with Crippen molar-refractivity contribution < 1.29 is 9.32 Å². The quantitative estimate of drug-likeness (QED) is 0.186. The molecule has 0 aliphatic carbocycles. The number of unbranched alkanes of at least 4 members (excludes halogenated alkanes) is 2. The van der Waals surface area contributed by atoms with E-state index < -0.39 is 29.7 Å². The van der Waals surface area contributed by atoms with E-state index in [9.17, 15) is 9.32 Å². The molecule has 4 rings (SSSR count). The Bertz CT molecular complexity index is 1210. The first-order valence-corrected chi connectivity index (χ1v) is 17.6. The van der Waals surface area contributed by atoms with Crippen molar-refractivity contribution in [3.8, 4) is 0 Å². The summed E-state index contributed by atoms with van der Waals surface area (Å²) < 4.78 is 17.9. The molecule has 4 aromatic rings. The predicted molar refractivity (Wildman–Crippen MR) is 160 cm³/mol. The molecule has 0 aliphatic heterocycles. The normalized spacial score (nSPS) is 14.2. The number of benzene rings is 4. The Morgan fingerprint density at radius 3 is 1.65 bits per heavy atom. The van der Waals surface area contributed by atoms with Crippen LogP contribution in [0.5, 0.6) is 0 Å². The maximum absolute atomic E-state index is 14.2. The summed E-state index contributed by atoms with van der Waals surface area (Å²) in [7, 11) is -1.48. The Balaban J connectivity index is 2.00. The molecule has 4 aromatic carbocycles. The molecule has 0 bridgehead atoms. The molecule has 0 amide bonds. The van der Waals surface area contributed by atoms with Gasteiger partial charge in [-0.15, -0.1) is 0 Å². The van der Waals surface area contributed by atoms with Gasteiger partial charge in [-0.1, -0.05) is 0 Å². The molecule has 2 nitrogen and oxygen atoms in total. The second kappa shape index (κ2) is 13.2. The van der Waals surface area contributed by atoms with Crippen LogP contribution < -0.4 is 13.4 Å². The summed E-state index contributed by atoms with van der Waals surface area (Å²) in [6.45, 7) is 4.19. The van der Waals surface area contributed by atoms with Crippen molar-refractivity contribution in [1.29, 1.82) is 0 Å². The van der Waals surface area contributed by atoms with E-state index in [2.05, 4.69) is 84.7 Å². The van der Waals surface area contributed by atoms with Crippen molar-refractivity contribution in [3.63, 3.8) is 0 Å². The van der Waals surface area contributed by atoms with Gasteiger partial charge in [0.1, 0.15) is 0 Å². The van der Waals surface area contributed by atoms with Crippen molar-refractivity contribution in [2.75, 3.05) is 0 Å². The number of aliphatic hydroxyl groups excluding tert-OH is 1. The van der Waals surface area contributed by atoms with Gasteiger partial charge >= 0.3 is 228 Å². The molecule has 37 heavy (non-hydrogen) atoms. The van der Waals surface area contributed by atoms with E-state index >= 15 is 0 Å². The fourth-order valence-corrected chi connectivity index (χ4v) is 14.2. The number of aliphatic hydroxyl groups is 1. The van der Waals surface area contributed by atoms with Crippen LogP contribution in [0.1, 0.15) is 38.2 Å². The molecule has 1 N–H and O–H groups in total. The molecule has 2 atom stereocenters. The molecule has 0 spiro atoms. The summed E-state index contributed by atoms with van der Waals surface area (Å²) in [6.07, 6.45) is 2.84. The summed E-state index contributed by atoms with van der Waals surface area (Å²) in [5.41, 5.74) is 1.12. The minimum absolute atomic E-state index is 0.600. The summed E-state index contributed by atoms with van der Waals surface area (Å²) in [6, 6.07) is 39.5. The fraction of sp³-hybridized carbons (Fsp3) is 0.212. The monoisotopic (exact) mass is 576 g/mol. The van der Waals surface area contributed by atoms with Crippen LogP contribution in [0.15, 0.2) is 130 Å². The Morgan fingerprint density at radius 2 is 1.22 bits per heavy atom. The van der Waals surface area contributed by atoms with E-state index in [0.29, 0.717) is 11.3 Å². The van der Waals surface area contributed by atoms with Crippen LogP contribution in [0, 0.1) is 6.92 Å². The third-order valence-electron chi connectivity index (χ3n) is 6.50. The van der Waals surface area contributed by atoms with E-state index in [1.165, 1.54) is 13.4 Å². The average Bonchev–Trinajstić information content (AvgIpc) is 2.95. The molecular weight excluding hydrogens is 539 g/mol. The molecular formula is C33H36O2SSe. The van der Waals surface area contributed by atoms with Crippen molar-refractivity contribution in [3.05, 3.63) is 131 Å². The van der Waals surface area contributed by atoms with Gasteiger partial charge in [0.2, 0.25) is 0 Å². The predicted octanol–water partition coefficient (Wildman–Crippen LogP) is 5.64. The summed E-state index contributed by atoms with van der Waals surface area (Å²) in [5, 5.41) is 11.6. The third-order valence-corrected chi connectivity index (χ3v) is 16.0. The van der Waals surface area contributed by atoms with E-state index in [-0.39, 0.29) is 0 Å². The average molecular weight is 576 g/mol. The van der Waals surface area contributed by atoms with E-state index in [4.69, 9.17) is 0 Å². The zero-order valence-corrected chi connectivity index (χ0v) is 24.2. The summed E-state index contributed by atoms with van der Waals surface area (Å²) >= 11 is -3.08. The van der Waals surface area contributed by atoms with Crippen LogP contribution in [-0.2, 0) is 10.8 Å². The standard InChI is InChI=1S/C33H36O2SSe/c1-3-4-8-21-32(34)33(36(35)28-24-22-27(2)23-25-28)26-37(29-15-9-5-10-16-29,30-17-11-6-12-18-30)31-19-13-7-14-20-31/h5-7,9-20,22-26,32,34H,3-4,8,21H2,1-2H3/b33-26+/t32-,36+/m1/s1. The van der Waals surface area contributed by atoms with Gasteiger partial charge in [0, 0.05) is 0 Å². The zero-order valence-electron chi connectivity index (χ0n) is 21.6. The van der Waals surface area contributed by atoms with Crippen LogP contribution in [0.4, 0.5) is 0 Å². The Kier molecular flexibility index (Phi) is 9.71. The Labute approximate surface area is 226 Å². The third kappa shape index (κ3) is 6.40. The van der Waals surface area contributed by atoms with Gasteiger partial charge in [-0.2, -0.15) is 0 Å². The molecule has 0 saturated heterocycles. The van der Waals surface area contributed by atoms with Gasteiger partial charge in [-0.25, -0.2) is 0 Å². The summed E-state index contributed by atoms with van der Waals surface area (Å²) in [5.74, 6) is 0.